The predicted molar refractivity (Wildman–Crippen MR) is 78.2 cm³/mol. The highest BCUT2D eigenvalue weighted by Crippen LogP contribution is 2.31. The van der Waals surface area contributed by atoms with E-state index in [2.05, 4.69) is 15.5 Å². The largest absolute Gasteiger partial charge is 0.398 e. The Kier molecular flexibility index (Phi) is 3.53. The van der Waals surface area contributed by atoms with Crippen LogP contribution in [0.25, 0.3) is 11.4 Å². The van der Waals surface area contributed by atoms with Crippen LogP contribution in [0.1, 0.15) is 5.56 Å². The van der Waals surface area contributed by atoms with Crippen molar-refractivity contribution in [2.24, 2.45) is 0 Å². The molecule has 0 aliphatic rings. The van der Waals surface area contributed by atoms with Crippen LogP contribution in [0.2, 0.25) is 5.02 Å². The molecule has 0 unspecified atom stereocenters. The van der Waals surface area contributed by atoms with Crippen molar-refractivity contribution in [1.29, 1.82) is 0 Å². The molecule has 0 saturated heterocycles. The quantitative estimate of drug-likeness (QED) is 0.755. The number of nitrogen functional groups attached to an aromatic ring is 1. The van der Waals surface area contributed by atoms with Gasteiger partial charge < -0.3 is 5.73 Å². The molecule has 0 radical (unpaired) electrons. The minimum Gasteiger partial charge on any atom is -0.398 e. The number of aromatic nitrogens is 4. The summed E-state index contributed by atoms with van der Waals surface area (Å²) in [6, 6.07) is 11.4. The third-order valence-corrected chi connectivity index (χ3v) is 3.36. The number of nitrogens with two attached hydrogens (primary N) is 1. The average molecular weight is 304 g/mol. The summed E-state index contributed by atoms with van der Waals surface area (Å²) in [6.45, 7) is 0.396. The van der Waals surface area contributed by atoms with Crippen molar-refractivity contribution in [2.75, 3.05) is 5.73 Å². The Morgan fingerprint density at radius 3 is 2.62 bits per heavy atom. The summed E-state index contributed by atoms with van der Waals surface area (Å²) in [5.41, 5.74) is 7.91. The molecule has 2 N–H and O–H groups in total. The first kappa shape index (κ1) is 13.5. The molecule has 0 fully saturated rings. The van der Waals surface area contributed by atoms with Crippen LogP contribution >= 0.6 is 11.6 Å². The van der Waals surface area contributed by atoms with Crippen LogP contribution in [0.3, 0.4) is 0 Å². The summed E-state index contributed by atoms with van der Waals surface area (Å²) in [5, 5.41) is 12.1. The molecule has 0 spiro atoms. The summed E-state index contributed by atoms with van der Waals surface area (Å²) < 4.78 is 14.5. The van der Waals surface area contributed by atoms with Gasteiger partial charge in [-0.25, -0.2) is 9.07 Å². The molecule has 0 aliphatic carbocycles. The molecule has 0 aliphatic heterocycles. The number of benzene rings is 2. The van der Waals surface area contributed by atoms with Crippen molar-refractivity contribution in [3.8, 4) is 11.4 Å². The maximum Gasteiger partial charge on any atom is 0.185 e. The van der Waals surface area contributed by atoms with Crippen molar-refractivity contribution < 1.29 is 4.39 Å². The van der Waals surface area contributed by atoms with Gasteiger partial charge in [-0.3, -0.25) is 0 Å². The average Bonchev–Trinajstić information content (AvgIpc) is 2.89. The van der Waals surface area contributed by atoms with Gasteiger partial charge in [-0.2, -0.15) is 0 Å². The van der Waals surface area contributed by atoms with E-state index in [1.807, 2.05) is 0 Å². The second kappa shape index (κ2) is 5.49. The maximum absolute atomic E-state index is 12.9. The smallest absolute Gasteiger partial charge is 0.185 e. The third-order valence-electron chi connectivity index (χ3n) is 3.05. The van der Waals surface area contributed by atoms with Gasteiger partial charge in [0.05, 0.1) is 17.1 Å². The molecule has 0 saturated carbocycles. The first-order valence-electron chi connectivity index (χ1n) is 6.20. The third kappa shape index (κ3) is 2.71. The van der Waals surface area contributed by atoms with Crippen molar-refractivity contribution in [3.63, 3.8) is 0 Å². The van der Waals surface area contributed by atoms with Gasteiger partial charge in [0.15, 0.2) is 5.82 Å². The summed E-state index contributed by atoms with van der Waals surface area (Å²) in [6.07, 6.45) is 0. The standard InChI is InChI=1S/C14H11ClFN5/c15-11-2-1-3-12(17)13(11)14-18-19-20-21(14)8-9-4-6-10(16)7-5-9/h1-7H,8,17H2. The van der Waals surface area contributed by atoms with E-state index in [0.717, 1.165) is 5.56 Å². The molecule has 0 atom stereocenters. The molecule has 0 amide bonds. The molecule has 2 aromatic carbocycles. The fourth-order valence-electron chi connectivity index (χ4n) is 2.03. The number of tetrazole rings is 1. The molecule has 0 bridgehead atoms. The Bertz CT molecular complexity index is 749. The van der Waals surface area contributed by atoms with E-state index in [1.165, 1.54) is 12.1 Å². The molecule has 3 aromatic rings. The summed E-state index contributed by atoms with van der Waals surface area (Å²) in [5.74, 6) is 0.188. The molecular formula is C14H11ClFN5. The Morgan fingerprint density at radius 2 is 1.90 bits per heavy atom. The number of nitrogens with zero attached hydrogens (tertiary/aromatic N) is 4. The molecule has 1 heterocycles. The first-order chi connectivity index (χ1) is 10.1. The summed E-state index contributed by atoms with van der Waals surface area (Å²) >= 11 is 6.18. The number of hydrogen-bond donors (Lipinski definition) is 1. The lowest BCUT2D eigenvalue weighted by atomic mass is 10.1. The van der Waals surface area contributed by atoms with E-state index in [4.69, 9.17) is 17.3 Å². The van der Waals surface area contributed by atoms with Crippen molar-refractivity contribution >= 4 is 17.3 Å². The van der Waals surface area contributed by atoms with Gasteiger partial charge in [0, 0.05) is 5.69 Å². The van der Waals surface area contributed by atoms with Crippen molar-refractivity contribution in [1.82, 2.24) is 20.2 Å². The van der Waals surface area contributed by atoms with Crippen LogP contribution in [0.5, 0.6) is 0 Å². The minimum absolute atomic E-state index is 0.286. The fraction of sp³-hybridized carbons (Fsp3) is 0.0714. The van der Waals surface area contributed by atoms with Gasteiger partial charge in [-0.15, -0.1) is 5.10 Å². The van der Waals surface area contributed by atoms with E-state index in [9.17, 15) is 4.39 Å². The van der Waals surface area contributed by atoms with Gasteiger partial charge >= 0.3 is 0 Å². The zero-order chi connectivity index (χ0) is 14.8. The Balaban J connectivity index is 2.00. The highest BCUT2D eigenvalue weighted by Gasteiger charge is 2.15. The zero-order valence-electron chi connectivity index (χ0n) is 10.9. The van der Waals surface area contributed by atoms with Gasteiger partial charge in [-0.1, -0.05) is 29.8 Å². The molecule has 106 valence electrons. The number of anilines is 1. The van der Waals surface area contributed by atoms with Crippen molar-refractivity contribution in [3.05, 3.63) is 58.9 Å². The Hall–Kier alpha value is -2.47. The molecule has 3 rings (SSSR count). The van der Waals surface area contributed by atoms with Gasteiger partial charge in [0.2, 0.25) is 0 Å². The minimum atomic E-state index is -0.286. The Morgan fingerprint density at radius 1 is 1.14 bits per heavy atom. The van der Waals surface area contributed by atoms with Crippen molar-refractivity contribution in [2.45, 2.75) is 6.54 Å². The highest BCUT2D eigenvalue weighted by molar-refractivity contribution is 6.33. The normalized spacial score (nSPS) is 10.8. The van der Waals surface area contributed by atoms with Gasteiger partial charge in [0.25, 0.3) is 0 Å². The second-order valence-electron chi connectivity index (χ2n) is 4.49. The molecular weight excluding hydrogens is 293 g/mol. The van der Waals surface area contributed by atoms with Gasteiger partial charge in [-0.05, 0) is 40.3 Å². The molecule has 21 heavy (non-hydrogen) atoms. The lowest BCUT2D eigenvalue weighted by molar-refractivity contribution is 0.622. The maximum atomic E-state index is 12.9. The lowest BCUT2D eigenvalue weighted by Crippen LogP contribution is -2.06. The number of hydrogen-bond acceptors (Lipinski definition) is 4. The first-order valence-corrected chi connectivity index (χ1v) is 6.58. The monoisotopic (exact) mass is 303 g/mol. The SMILES string of the molecule is Nc1cccc(Cl)c1-c1nnnn1Cc1ccc(F)cc1. The van der Waals surface area contributed by atoms with Crippen LogP contribution in [0, 0.1) is 5.82 Å². The molecule has 1 aromatic heterocycles. The van der Waals surface area contributed by atoms with E-state index in [-0.39, 0.29) is 5.82 Å². The fourth-order valence-corrected chi connectivity index (χ4v) is 2.30. The van der Waals surface area contributed by atoms with Crippen LogP contribution in [-0.2, 0) is 6.54 Å². The number of rotatable bonds is 3. The van der Waals surface area contributed by atoms with Crippen LogP contribution in [0.4, 0.5) is 10.1 Å². The molecule has 5 nitrogen and oxygen atoms in total. The number of halogens is 2. The zero-order valence-corrected chi connectivity index (χ0v) is 11.6. The Labute approximate surface area is 125 Å². The van der Waals surface area contributed by atoms with Crippen LogP contribution < -0.4 is 5.73 Å². The van der Waals surface area contributed by atoms with E-state index >= 15 is 0 Å². The molecule has 7 heteroatoms. The topological polar surface area (TPSA) is 69.6 Å². The van der Waals surface area contributed by atoms with Crippen LogP contribution in [-0.4, -0.2) is 20.2 Å². The summed E-state index contributed by atoms with van der Waals surface area (Å²) in [7, 11) is 0. The van der Waals surface area contributed by atoms with E-state index in [0.29, 0.717) is 28.6 Å². The van der Waals surface area contributed by atoms with Crippen LogP contribution in [0.15, 0.2) is 42.5 Å². The highest BCUT2D eigenvalue weighted by atomic mass is 35.5. The summed E-state index contributed by atoms with van der Waals surface area (Å²) in [4.78, 5) is 0. The van der Waals surface area contributed by atoms with E-state index < -0.39 is 0 Å². The van der Waals surface area contributed by atoms with Gasteiger partial charge in [0.1, 0.15) is 5.82 Å². The predicted octanol–water partition coefficient (Wildman–Crippen LogP) is 2.76. The lowest BCUT2D eigenvalue weighted by Gasteiger charge is -2.08. The van der Waals surface area contributed by atoms with E-state index in [1.54, 1.807) is 35.0 Å². The second-order valence-corrected chi connectivity index (χ2v) is 4.90.